The Hall–Kier alpha value is -1.10. The van der Waals surface area contributed by atoms with Crippen LogP contribution in [0.15, 0.2) is 24.3 Å². The van der Waals surface area contributed by atoms with Gasteiger partial charge in [-0.15, -0.1) is 0 Å². The fourth-order valence-corrected chi connectivity index (χ4v) is 2.08. The molecule has 1 aromatic rings. The summed E-state index contributed by atoms with van der Waals surface area (Å²) in [6.45, 7) is 2.04. The summed E-state index contributed by atoms with van der Waals surface area (Å²) in [5.41, 5.74) is 0.802. The van der Waals surface area contributed by atoms with Crippen LogP contribution in [0.4, 0.5) is 0 Å². The maximum Gasteiger partial charge on any atom is 0.315 e. The largest absolute Gasteiger partial charge is 0.496 e. The van der Waals surface area contributed by atoms with Crippen molar-refractivity contribution in [2.45, 2.75) is 5.97 Å². The first-order valence-electron chi connectivity index (χ1n) is 5.39. The fourth-order valence-electron chi connectivity index (χ4n) is 2.08. The van der Waals surface area contributed by atoms with Crippen LogP contribution in [0.5, 0.6) is 5.75 Å². The first-order valence-corrected chi connectivity index (χ1v) is 5.39. The minimum absolute atomic E-state index is 0.358. The zero-order valence-corrected chi connectivity index (χ0v) is 9.14. The van der Waals surface area contributed by atoms with E-state index in [9.17, 15) is 0 Å². The minimum Gasteiger partial charge on any atom is -0.496 e. The Balaban J connectivity index is 2.01. The van der Waals surface area contributed by atoms with E-state index in [1.807, 2.05) is 24.3 Å². The standard InChI is InChI=1S/C12H14O4/c1-13-11-5-3-2-4-10(11)12-14-6-9(7-15-12)8-16-12/h2-5,9H,6-8H2,1H3. The molecule has 86 valence electrons. The van der Waals surface area contributed by atoms with Crippen molar-refractivity contribution in [1.82, 2.24) is 0 Å². The van der Waals surface area contributed by atoms with Crippen LogP contribution in [0.1, 0.15) is 5.56 Å². The first kappa shape index (κ1) is 10.1. The summed E-state index contributed by atoms with van der Waals surface area (Å²) in [7, 11) is 1.63. The molecule has 3 aliphatic rings. The molecular formula is C12H14O4. The number of ether oxygens (including phenoxy) is 4. The monoisotopic (exact) mass is 222 g/mol. The zero-order valence-electron chi connectivity index (χ0n) is 9.14. The normalized spacial score (nSPS) is 32.7. The van der Waals surface area contributed by atoms with Gasteiger partial charge in [-0.2, -0.15) is 0 Å². The van der Waals surface area contributed by atoms with Crippen LogP contribution in [0.25, 0.3) is 0 Å². The number of hydrogen-bond donors (Lipinski definition) is 0. The van der Waals surface area contributed by atoms with E-state index in [-0.39, 0.29) is 0 Å². The highest BCUT2D eigenvalue weighted by molar-refractivity contribution is 5.36. The summed E-state index contributed by atoms with van der Waals surface area (Å²) in [5.74, 6) is 0.0286. The lowest BCUT2D eigenvalue weighted by atomic mass is 10.1. The summed E-state index contributed by atoms with van der Waals surface area (Å²) >= 11 is 0. The van der Waals surface area contributed by atoms with Crippen LogP contribution in [0.2, 0.25) is 0 Å². The molecule has 0 unspecified atom stereocenters. The number of fused-ring (bicyclic) bond motifs is 3. The molecule has 0 radical (unpaired) electrons. The Labute approximate surface area is 94.1 Å². The molecule has 4 rings (SSSR count). The summed E-state index contributed by atoms with van der Waals surface area (Å²) in [5, 5.41) is 0. The second-order valence-electron chi connectivity index (χ2n) is 4.06. The highest BCUT2D eigenvalue weighted by Gasteiger charge is 2.47. The third kappa shape index (κ3) is 1.42. The van der Waals surface area contributed by atoms with Gasteiger partial charge in [0.05, 0.1) is 32.5 Å². The molecule has 0 atom stereocenters. The topological polar surface area (TPSA) is 36.9 Å². The molecular weight excluding hydrogens is 208 g/mol. The van der Waals surface area contributed by atoms with E-state index in [1.54, 1.807) is 7.11 Å². The minimum atomic E-state index is -1.05. The average molecular weight is 222 g/mol. The summed E-state index contributed by atoms with van der Waals surface area (Å²) in [6.07, 6.45) is 0. The number of benzene rings is 1. The van der Waals surface area contributed by atoms with Crippen molar-refractivity contribution in [1.29, 1.82) is 0 Å². The van der Waals surface area contributed by atoms with Gasteiger partial charge in [0.25, 0.3) is 0 Å². The molecule has 0 aromatic heterocycles. The molecule has 0 saturated carbocycles. The Morgan fingerprint density at radius 3 is 2.38 bits per heavy atom. The first-order chi connectivity index (χ1) is 7.84. The second kappa shape index (κ2) is 3.73. The van der Waals surface area contributed by atoms with Crippen molar-refractivity contribution < 1.29 is 18.9 Å². The molecule has 2 bridgehead atoms. The lowest BCUT2D eigenvalue weighted by Gasteiger charge is -2.45. The van der Waals surface area contributed by atoms with Crippen LogP contribution < -0.4 is 4.74 Å². The molecule has 3 aliphatic heterocycles. The fraction of sp³-hybridized carbons (Fsp3) is 0.500. The SMILES string of the molecule is COc1ccccc1C12OCC(CO1)CO2. The quantitative estimate of drug-likeness (QED) is 0.759. The number of methoxy groups -OCH3 is 1. The molecule has 1 aromatic carbocycles. The number of para-hydroxylation sites is 1. The van der Waals surface area contributed by atoms with E-state index in [0.29, 0.717) is 25.7 Å². The van der Waals surface area contributed by atoms with Crippen molar-refractivity contribution >= 4 is 0 Å². The van der Waals surface area contributed by atoms with Gasteiger partial charge in [0, 0.05) is 5.92 Å². The van der Waals surface area contributed by atoms with Gasteiger partial charge in [-0.05, 0) is 12.1 Å². The maximum absolute atomic E-state index is 5.67. The van der Waals surface area contributed by atoms with Gasteiger partial charge in [0.1, 0.15) is 5.75 Å². The Kier molecular flexibility index (Phi) is 2.35. The van der Waals surface area contributed by atoms with Crippen molar-refractivity contribution in [3.63, 3.8) is 0 Å². The van der Waals surface area contributed by atoms with Gasteiger partial charge in [-0.1, -0.05) is 12.1 Å². The molecule has 3 saturated heterocycles. The van der Waals surface area contributed by atoms with E-state index >= 15 is 0 Å². The third-order valence-corrected chi connectivity index (χ3v) is 2.96. The lowest BCUT2D eigenvalue weighted by Crippen LogP contribution is -2.51. The number of hydrogen-bond acceptors (Lipinski definition) is 4. The predicted octanol–water partition coefficient (Wildman–Crippen LogP) is 1.50. The molecule has 3 heterocycles. The van der Waals surface area contributed by atoms with E-state index in [4.69, 9.17) is 18.9 Å². The van der Waals surface area contributed by atoms with Gasteiger partial charge in [0.15, 0.2) is 0 Å². The summed E-state index contributed by atoms with van der Waals surface area (Å²) in [6, 6.07) is 7.61. The second-order valence-corrected chi connectivity index (χ2v) is 4.06. The van der Waals surface area contributed by atoms with Crippen molar-refractivity contribution in [2.24, 2.45) is 5.92 Å². The molecule has 16 heavy (non-hydrogen) atoms. The third-order valence-electron chi connectivity index (χ3n) is 2.96. The predicted molar refractivity (Wildman–Crippen MR) is 56.0 cm³/mol. The van der Waals surface area contributed by atoms with Crippen LogP contribution in [0, 0.1) is 5.92 Å². The van der Waals surface area contributed by atoms with Crippen LogP contribution in [-0.2, 0) is 20.2 Å². The molecule has 0 N–H and O–H groups in total. The molecule has 0 aliphatic carbocycles. The summed E-state index contributed by atoms with van der Waals surface area (Å²) in [4.78, 5) is 0. The molecule has 0 spiro atoms. The molecule has 4 nitrogen and oxygen atoms in total. The van der Waals surface area contributed by atoms with E-state index < -0.39 is 5.97 Å². The van der Waals surface area contributed by atoms with Crippen molar-refractivity contribution in [2.75, 3.05) is 26.9 Å². The Morgan fingerprint density at radius 1 is 1.12 bits per heavy atom. The van der Waals surface area contributed by atoms with Crippen LogP contribution in [-0.4, -0.2) is 26.9 Å². The Morgan fingerprint density at radius 2 is 1.75 bits per heavy atom. The molecule has 0 amide bonds. The molecule has 3 fully saturated rings. The maximum atomic E-state index is 5.67. The van der Waals surface area contributed by atoms with Gasteiger partial charge in [-0.3, -0.25) is 0 Å². The highest BCUT2D eigenvalue weighted by Crippen LogP contribution is 2.42. The van der Waals surface area contributed by atoms with E-state index in [2.05, 4.69) is 0 Å². The van der Waals surface area contributed by atoms with Gasteiger partial charge in [0.2, 0.25) is 0 Å². The van der Waals surface area contributed by atoms with E-state index in [1.165, 1.54) is 0 Å². The zero-order chi connectivity index (χ0) is 11.0. The van der Waals surface area contributed by atoms with Gasteiger partial charge < -0.3 is 18.9 Å². The van der Waals surface area contributed by atoms with E-state index in [0.717, 1.165) is 11.3 Å². The lowest BCUT2D eigenvalue weighted by molar-refractivity contribution is -0.460. The molecule has 4 heteroatoms. The van der Waals surface area contributed by atoms with Gasteiger partial charge >= 0.3 is 5.97 Å². The van der Waals surface area contributed by atoms with Crippen LogP contribution >= 0.6 is 0 Å². The average Bonchev–Trinajstić information content (AvgIpc) is 2.41. The van der Waals surface area contributed by atoms with Crippen LogP contribution in [0.3, 0.4) is 0 Å². The smallest absolute Gasteiger partial charge is 0.315 e. The van der Waals surface area contributed by atoms with Crippen molar-refractivity contribution in [3.8, 4) is 5.75 Å². The van der Waals surface area contributed by atoms with Gasteiger partial charge in [-0.25, -0.2) is 0 Å². The number of rotatable bonds is 2. The Bertz CT molecular complexity index is 369. The summed E-state index contributed by atoms with van der Waals surface area (Å²) < 4.78 is 22.3. The van der Waals surface area contributed by atoms with Crippen molar-refractivity contribution in [3.05, 3.63) is 29.8 Å². The highest BCUT2D eigenvalue weighted by atomic mass is 16.9.